The Morgan fingerprint density at radius 2 is 1.91 bits per heavy atom. The second-order valence-corrected chi connectivity index (χ2v) is 17.9. The number of hydrogen-bond acceptors (Lipinski definition) is 10. The van der Waals surface area contributed by atoms with Gasteiger partial charge in [0.25, 0.3) is 0 Å². The van der Waals surface area contributed by atoms with Gasteiger partial charge in [0.2, 0.25) is 11.7 Å². The number of rotatable bonds is 10. The summed E-state index contributed by atoms with van der Waals surface area (Å²) in [5.74, 6) is -5.35. The van der Waals surface area contributed by atoms with Crippen molar-refractivity contribution in [2.75, 3.05) is 6.61 Å². The molecular weight excluding hydrogens is 589 g/mol. The third kappa shape index (κ3) is 6.01. The van der Waals surface area contributed by atoms with Crippen molar-refractivity contribution in [1.82, 2.24) is 19.3 Å². The van der Waals surface area contributed by atoms with Crippen LogP contribution in [0.3, 0.4) is 0 Å². The standard InChI is InChI=1S/C30H36N4O7SSi/c1-9-13-40-29(39)27(38)34-23(21(26(34)37)18(3)41-43(7,8)30(4,5)6)17(2)24(35)20-15-33-16-32-22(28(33)42-20)25(36)19-11-10-12-31-14-19/h9-12,14-18,21,23H,1,13H2,2-8H3/t17-,18+,21-,23-/m1/s1. The molecule has 0 saturated carbocycles. The molecular formula is C30H36N4O7SSi. The predicted molar refractivity (Wildman–Crippen MR) is 162 cm³/mol. The van der Waals surface area contributed by atoms with E-state index in [1.54, 1.807) is 42.8 Å². The third-order valence-electron chi connectivity index (χ3n) is 8.23. The summed E-state index contributed by atoms with van der Waals surface area (Å²) in [5.41, 5.74) is 0.543. The lowest BCUT2D eigenvalue weighted by Crippen LogP contribution is -2.71. The lowest BCUT2D eigenvalue weighted by atomic mass is 9.75. The lowest BCUT2D eigenvalue weighted by molar-refractivity contribution is -0.181. The first kappa shape index (κ1) is 32.1. The fraction of sp³-hybridized carbons (Fsp3) is 0.433. The molecule has 4 rings (SSSR count). The fourth-order valence-electron chi connectivity index (χ4n) is 4.87. The highest BCUT2D eigenvalue weighted by Crippen LogP contribution is 2.43. The summed E-state index contributed by atoms with van der Waals surface area (Å²) in [6, 6.07) is 2.34. The molecule has 4 atom stereocenters. The number of β-lactam (4-membered cyclic amide) rings is 1. The van der Waals surface area contributed by atoms with E-state index in [9.17, 15) is 24.0 Å². The van der Waals surface area contributed by atoms with Crippen LogP contribution in [0, 0.1) is 11.8 Å². The van der Waals surface area contributed by atoms with Crippen LogP contribution in [0.4, 0.5) is 0 Å². The largest absolute Gasteiger partial charge is 0.454 e. The molecule has 0 N–H and O–H groups in total. The minimum Gasteiger partial charge on any atom is -0.454 e. The van der Waals surface area contributed by atoms with Crippen molar-refractivity contribution in [3.05, 3.63) is 65.8 Å². The zero-order valence-electron chi connectivity index (χ0n) is 25.3. The molecule has 0 bridgehead atoms. The predicted octanol–water partition coefficient (Wildman–Crippen LogP) is 4.33. The molecule has 3 aromatic rings. The summed E-state index contributed by atoms with van der Waals surface area (Å²) < 4.78 is 13.0. The number of likely N-dealkylation sites (tertiary alicyclic amines) is 1. The number of imide groups is 1. The number of imidazole rings is 1. The van der Waals surface area contributed by atoms with E-state index in [-0.39, 0.29) is 28.9 Å². The average Bonchev–Trinajstić information content (AvgIpc) is 3.54. The first-order valence-corrected chi connectivity index (χ1v) is 17.6. The summed E-state index contributed by atoms with van der Waals surface area (Å²) in [5, 5.41) is -0.146. The van der Waals surface area contributed by atoms with Gasteiger partial charge in [0.1, 0.15) is 23.5 Å². The van der Waals surface area contributed by atoms with Crippen LogP contribution in [0.25, 0.3) is 4.83 Å². The molecule has 0 aliphatic carbocycles. The van der Waals surface area contributed by atoms with Crippen molar-refractivity contribution in [2.45, 2.75) is 64.9 Å². The van der Waals surface area contributed by atoms with Gasteiger partial charge in [-0.25, -0.2) is 9.78 Å². The maximum Gasteiger partial charge on any atom is 0.397 e. The summed E-state index contributed by atoms with van der Waals surface area (Å²) in [7, 11) is -2.33. The maximum absolute atomic E-state index is 13.9. The van der Waals surface area contributed by atoms with Crippen LogP contribution in [0.1, 0.15) is 60.3 Å². The minimum atomic E-state index is -2.33. The summed E-state index contributed by atoms with van der Waals surface area (Å²) in [6.07, 6.45) is 6.73. The average molecular weight is 625 g/mol. The molecule has 0 unspecified atom stereocenters. The van der Waals surface area contributed by atoms with Gasteiger partial charge in [-0.15, -0.1) is 11.3 Å². The summed E-state index contributed by atoms with van der Waals surface area (Å²) in [4.78, 5) is 75.8. The van der Waals surface area contributed by atoms with Crippen molar-refractivity contribution in [3.8, 4) is 0 Å². The van der Waals surface area contributed by atoms with Gasteiger partial charge in [-0.3, -0.25) is 33.5 Å². The monoisotopic (exact) mass is 624 g/mol. The Morgan fingerprint density at radius 3 is 2.51 bits per heavy atom. The topological polar surface area (TPSA) is 137 Å². The first-order valence-electron chi connectivity index (χ1n) is 13.9. The number of esters is 1. The van der Waals surface area contributed by atoms with Crippen LogP contribution >= 0.6 is 11.3 Å². The molecule has 0 spiro atoms. The van der Waals surface area contributed by atoms with E-state index in [4.69, 9.17) is 9.16 Å². The van der Waals surface area contributed by atoms with Gasteiger partial charge in [-0.2, -0.15) is 0 Å². The number of hydrogen-bond donors (Lipinski definition) is 0. The molecule has 1 aliphatic heterocycles. The Hall–Kier alpha value is -3.81. The van der Waals surface area contributed by atoms with Crippen molar-refractivity contribution < 1.29 is 33.1 Å². The van der Waals surface area contributed by atoms with E-state index in [1.807, 2.05) is 0 Å². The number of ether oxygens (including phenoxy) is 1. The zero-order chi connectivity index (χ0) is 31.9. The van der Waals surface area contributed by atoms with Gasteiger partial charge in [-0.1, -0.05) is 40.3 Å². The number of pyridine rings is 1. The number of fused-ring (bicyclic) bond motifs is 1. The second kappa shape index (κ2) is 12.1. The number of thiazole rings is 1. The normalized spacial score (nSPS) is 18.6. The second-order valence-electron chi connectivity index (χ2n) is 12.1. The number of amides is 2. The minimum absolute atomic E-state index is 0.146. The van der Waals surface area contributed by atoms with Gasteiger partial charge in [-0.05, 0) is 37.2 Å². The van der Waals surface area contributed by atoms with Crippen molar-refractivity contribution in [1.29, 1.82) is 0 Å². The van der Waals surface area contributed by atoms with Gasteiger partial charge in [0.05, 0.1) is 22.9 Å². The Labute approximate surface area is 255 Å². The molecule has 11 nitrogen and oxygen atoms in total. The molecule has 1 aliphatic rings. The van der Waals surface area contributed by atoms with E-state index in [1.165, 1.54) is 18.6 Å². The van der Waals surface area contributed by atoms with Crippen LogP contribution in [0.5, 0.6) is 0 Å². The molecule has 1 fully saturated rings. The Kier molecular flexibility index (Phi) is 9.00. The van der Waals surface area contributed by atoms with E-state index < -0.39 is 50.1 Å². The molecule has 2 amide bonds. The number of Topliss-reactive ketones (excluding diaryl/α,β-unsaturated/α-hetero) is 1. The number of nitrogens with zero attached hydrogens (tertiary/aromatic N) is 4. The third-order valence-corrected chi connectivity index (χ3v) is 13.9. The smallest absolute Gasteiger partial charge is 0.397 e. The molecule has 3 aromatic heterocycles. The van der Waals surface area contributed by atoms with Gasteiger partial charge in [0.15, 0.2) is 14.1 Å². The van der Waals surface area contributed by atoms with E-state index in [0.717, 1.165) is 16.2 Å². The molecule has 4 heterocycles. The van der Waals surface area contributed by atoms with Crippen molar-refractivity contribution in [3.63, 3.8) is 0 Å². The van der Waals surface area contributed by atoms with Gasteiger partial charge >= 0.3 is 11.9 Å². The Balaban J connectivity index is 1.65. The maximum atomic E-state index is 13.9. The number of ketones is 2. The van der Waals surface area contributed by atoms with Crippen LogP contribution in [0.15, 0.2) is 49.7 Å². The highest BCUT2D eigenvalue weighted by molar-refractivity contribution is 7.19. The first-order chi connectivity index (χ1) is 20.1. The molecule has 0 radical (unpaired) electrons. The van der Waals surface area contributed by atoms with Crippen molar-refractivity contribution in [2.24, 2.45) is 11.8 Å². The summed E-state index contributed by atoms with van der Waals surface area (Å²) >= 11 is 1.09. The lowest BCUT2D eigenvalue weighted by Gasteiger charge is -2.51. The van der Waals surface area contributed by atoms with Crippen LogP contribution in [-0.2, 0) is 23.5 Å². The van der Waals surface area contributed by atoms with E-state index in [2.05, 4.69) is 50.4 Å². The van der Waals surface area contributed by atoms with E-state index in [0.29, 0.717) is 15.3 Å². The molecule has 13 heteroatoms. The zero-order valence-corrected chi connectivity index (χ0v) is 27.1. The number of aromatic nitrogens is 3. The highest BCUT2D eigenvalue weighted by atomic mass is 32.1. The molecule has 0 aromatic carbocycles. The van der Waals surface area contributed by atoms with Crippen LogP contribution in [0.2, 0.25) is 18.1 Å². The van der Waals surface area contributed by atoms with Crippen LogP contribution < -0.4 is 0 Å². The Morgan fingerprint density at radius 1 is 1.21 bits per heavy atom. The Bertz CT molecular complexity index is 1590. The quantitative estimate of drug-likeness (QED) is 0.0806. The molecule has 43 heavy (non-hydrogen) atoms. The van der Waals surface area contributed by atoms with Gasteiger partial charge < -0.3 is 9.16 Å². The number of carbonyl (C=O) groups is 5. The SMILES string of the molecule is C=CCOC(=O)C(=O)N1C(=O)[C@H]([C@H](C)O[Si](C)(C)C(C)(C)C)[C@H]1[C@@H](C)C(=O)c1cn2cnc(C(=O)c3cccnc3)c2s1. The van der Waals surface area contributed by atoms with Crippen molar-refractivity contribution >= 4 is 53.8 Å². The number of carbonyl (C=O) groups excluding carboxylic acids is 5. The molecule has 228 valence electrons. The summed E-state index contributed by atoms with van der Waals surface area (Å²) in [6.45, 7) is 17.0. The van der Waals surface area contributed by atoms with Gasteiger partial charge in [0, 0.05) is 30.1 Å². The highest BCUT2D eigenvalue weighted by Gasteiger charge is 2.59. The van der Waals surface area contributed by atoms with Crippen LogP contribution in [-0.4, -0.2) is 75.7 Å². The molecule has 1 saturated heterocycles. The van der Waals surface area contributed by atoms with E-state index >= 15 is 0 Å². The fourth-order valence-corrected chi connectivity index (χ4v) is 7.41.